The summed E-state index contributed by atoms with van der Waals surface area (Å²) in [5.74, 6) is 1.18. The van der Waals surface area contributed by atoms with E-state index in [0.29, 0.717) is 13.1 Å². The maximum atomic E-state index is 13.2. The first-order chi connectivity index (χ1) is 14.6. The third-order valence-corrected chi connectivity index (χ3v) is 6.96. The van der Waals surface area contributed by atoms with E-state index in [0.717, 1.165) is 54.2 Å². The molecular formula is C21H24N6O2S. The molecule has 0 saturated carbocycles. The summed E-state index contributed by atoms with van der Waals surface area (Å²) in [6, 6.07) is 9.82. The molecule has 30 heavy (non-hydrogen) atoms. The zero-order valence-electron chi connectivity index (χ0n) is 16.9. The molecule has 3 aromatic rings. The van der Waals surface area contributed by atoms with E-state index in [1.54, 1.807) is 12.5 Å². The van der Waals surface area contributed by atoms with Gasteiger partial charge >= 0.3 is 0 Å². The Morgan fingerprint density at radius 2 is 2.07 bits per heavy atom. The van der Waals surface area contributed by atoms with Gasteiger partial charge in [-0.05, 0) is 55.4 Å². The summed E-state index contributed by atoms with van der Waals surface area (Å²) in [4.78, 5) is 21.8. The fraction of sp³-hybridized carbons (Fsp3) is 0.429. The topological polar surface area (TPSA) is 80.3 Å². The van der Waals surface area contributed by atoms with Crippen LogP contribution in [-0.2, 0) is 24.9 Å². The molecule has 0 aromatic carbocycles. The molecule has 2 aliphatic rings. The van der Waals surface area contributed by atoms with Gasteiger partial charge in [-0.3, -0.25) is 14.7 Å². The van der Waals surface area contributed by atoms with Crippen molar-refractivity contribution in [2.75, 3.05) is 19.6 Å². The van der Waals surface area contributed by atoms with Crippen molar-refractivity contribution in [1.29, 1.82) is 0 Å². The molecule has 0 radical (unpaired) electrons. The van der Waals surface area contributed by atoms with Gasteiger partial charge in [-0.15, -0.1) is 10.2 Å². The van der Waals surface area contributed by atoms with E-state index in [2.05, 4.69) is 20.1 Å². The van der Waals surface area contributed by atoms with E-state index in [-0.39, 0.29) is 11.3 Å². The third kappa shape index (κ3) is 3.75. The minimum absolute atomic E-state index is 0.252. The first kappa shape index (κ1) is 19.3. The number of aromatic nitrogens is 4. The van der Waals surface area contributed by atoms with Crippen molar-refractivity contribution in [3.63, 3.8) is 0 Å². The zero-order valence-corrected chi connectivity index (χ0v) is 17.7. The van der Waals surface area contributed by atoms with Gasteiger partial charge in [-0.25, -0.2) is 0 Å². The number of aryl methyl sites for hydroxylation is 1. The molecule has 0 N–H and O–H groups in total. The van der Waals surface area contributed by atoms with Crippen LogP contribution in [0, 0.1) is 5.41 Å². The van der Waals surface area contributed by atoms with Gasteiger partial charge in [-0.1, -0.05) is 6.07 Å². The lowest BCUT2D eigenvalue weighted by Gasteiger charge is -2.23. The number of nitrogens with zero attached hydrogens (tertiary/aromatic N) is 6. The third-order valence-electron chi connectivity index (χ3n) is 5.99. The number of pyridine rings is 1. The standard InChI is InChI=1S/C21H24N6O2S/c1-25-15-23-24-20(25)30-18-6-5-17(29-18)13-26-10-7-21(14-26)8-11-27(19(21)28)12-16-4-2-3-9-22-16/h2-6,9,15H,7-8,10-14H2,1H3. The van der Waals surface area contributed by atoms with Gasteiger partial charge in [-0.2, -0.15) is 0 Å². The number of carbonyl (C=O) groups excluding carboxylic acids is 1. The van der Waals surface area contributed by atoms with Crippen LogP contribution in [0.2, 0.25) is 0 Å². The summed E-state index contributed by atoms with van der Waals surface area (Å²) < 4.78 is 7.85. The Balaban J connectivity index is 1.19. The summed E-state index contributed by atoms with van der Waals surface area (Å²) in [6.45, 7) is 3.83. The van der Waals surface area contributed by atoms with Crippen LogP contribution in [0.1, 0.15) is 24.3 Å². The Hall–Kier alpha value is -2.65. The number of carbonyl (C=O) groups is 1. The predicted molar refractivity (Wildman–Crippen MR) is 110 cm³/mol. The van der Waals surface area contributed by atoms with Gasteiger partial charge in [0.25, 0.3) is 0 Å². The molecule has 1 unspecified atom stereocenters. The fourth-order valence-corrected chi connectivity index (χ4v) is 5.12. The lowest BCUT2D eigenvalue weighted by atomic mass is 9.85. The van der Waals surface area contributed by atoms with Crippen LogP contribution < -0.4 is 0 Å². The first-order valence-corrected chi connectivity index (χ1v) is 11.0. The molecule has 2 fully saturated rings. The van der Waals surface area contributed by atoms with Crippen LogP contribution in [0.5, 0.6) is 0 Å². The number of rotatable bonds is 6. The van der Waals surface area contributed by atoms with Crippen molar-refractivity contribution in [2.24, 2.45) is 12.5 Å². The monoisotopic (exact) mass is 424 g/mol. The molecule has 5 heterocycles. The Kier molecular flexibility index (Phi) is 5.08. The fourth-order valence-electron chi connectivity index (χ4n) is 4.38. The molecule has 2 saturated heterocycles. The summed E-state index contributed by atoms with van der Waals surface area (Å²) >= 11 is 1.46. The average Bonchev–Trinajstić information content (AvgIpc) is 3.52. The van der Waals surface area contributed by atoms with E-state index in [9.17, 15) is 4.79 Å². The van der Waals surface area contributed by atoms with E-state index in [1.165, 1.54) is 11.8 Å². The van der Waals surface area contributed by atoms with Gasteiger partial charge in [0.1, 0.15) is 12.1 Å². The normalized spacial score (nSPS) is 21.9. The SMILES string of the molecule is Cn1cnnc1Sc1ccc(CN2CCC3(CCN(Cc4ccccn4)C3=O)C2)o1. The Morgan fingerprint density at radius 1 is 1.17 bits per heavy atom. The van der Waals surface area contributed by atoms with Crippen LogP contribution >= 0.6 is 11.8 Å². The molecular weight excluding hydrogens is 400 g/mol. The van der Waals surface area contributed by atoms with Gasteiger partial charge < -0.3 is 13.9 Å². The van der Waals surface area contributed by atoms with E-state index in [4.69, 9.17) is 4.42 Å². The minimum atomic E-state index is -0.252. The molecule has 8 nitrogen and oxygen atoms in total. The van der Waals surface area contributed by atoms with Crippen LogP contribution in [0.4, 0.5) is 0 Å². The predicted octanol–water partition coefficient (Wildman–Crippen LogP) is 2.58. The second-order valence-electron chi connectivity index (χ2n) is 8.09. The van der Waals surface area contributed by atoms with Crippen LogP contribution in [0.3, 0.4) is 0 Å². The molecule has 1 amide bonds. The summed E-state index contributed by atoms with van der Waals surface area (Å²) in [5.41, 5.74) is 0.693. The molecule has 0 bridgehead atoms. The Bertz CT molecular complexity index is 1040. The van der Waals surface area contributed by atoms with Crippen LogP contribution in [-0.4, -0.2) is 55.1 Å². The molecule has 3 aromatic heterocycles. The second kappa shape index (κ2) is 7.88. The van der Waals surface area contributed by atoms with Gasteiger partial charge in [0.2, 0.25) is 5.91 Å². The van der Waals surface area contributed by atoms with Crippen molar-refractivity contribution in [3.8, 4) is 0 Å². The largest absolute Gasteiger partial charge is 0.453 e. The maximum absolute atomic E-state index is 13.2. The smallest absolute Gasteiger partial charge is 0.230 e. The number of furan rings is 1. The van der Waals surface area contributed by atoms with Crippen LogP contribution in [0.25, 0.3) is 0 Å². The summed E-state index contributed by atoms with van der Waals surface area (Å²) in [5, 5.41) is 9.56. The maximum Gasteiger partial charge on any atom is 0.230 e. The molecule has 0 aliphatic carbocycles. The van der Waals surface area contributed by atoms with Crippen molar-refractivity contribution < 1.29 is 9.21 Å². The number of amides is 1. The first-order valence-electron chi connectivity index (χ1n) is 10.1. The highest BCUT2D eigenvalue weighted by atomic mass is 32.2. The Labute approximate surface area is 179 Å². The minimum Gasteiger partial charge on any atom is -0.453 e. The summed E-state index contributed by atoms with van der Waals surface area (Å²) in [7, 11) is 1.91. The second-order valence-corrected chi connectivity index (χ2v) is 9.06. The van der Waals surface area contributed by atoms with E-state index in [1.807, 2.05) is 46.8 Å². The van der Waals surface area contributed by atoms with E-state index < -0.39 is 0 Å². The van der Waals surface area contributed by atoms with Crippen molar-refractivity contribution in [3.05, 3.63) is 54.3 Å². The highest BCUT2D eigenvalue weighted by Gasteiger charge is 2.50. The molecule has 1 atom stereocenters. The van der Waals surface area contributed by atoms with Gasteiger partial charge in [0.15, 0.2) is 10.2 Å². The zero-order chi connectivity index (χ0) is 20.6. The Morgan fingerprint density at radius 3 is 2.87 bits per heavy atom. The number of likely N-dealkylation sites (tertiary alicyclic amines) is 2. The molecule has 5 rings (SSSR count). The molecule has 1 spiro atoms. The lowest BCUT2D eigenvalue weighted by Crippen LogP contribution is -2.36. The average molecular weight is 425 g/mol. The van der Waals surface area contributed by atoms with Crippen molar-refractivity contribution >= 4 is 17.7 Å². The summed E-state index contributed by atoms with van der Waals surface area (Å²) in [6.07, 6.45) is 5.28. The quantitative estimate of drug-likeness (QED) is 0.602. The van der Waals surface area contributed by atoms with Crippen molar-refractivity contribution in [1.82, 2.24) is 29.5 Å². The van der Waals surface area contributed by atoms with Gasteiger partial charge in [0, 0.05) is 26.3 Å². The molecule has 156 valence electrons. The van der Waals surface area contributed by atoms with Crippen molar-refractivity contribution in [2.45, 2.75) is 36.2 Å². The van der Waals surface area contributed by atoms with Gasteiger partial charge in [0.05, 0.1) is 24.2 Å². The highest BCUT2D eigenvalue weighted by Crippen LogP contribution is 2.41. The number of hydrogen-bond donors (Lipinski definition) is 0. The highest BCUT2D eigenvalue weighted by molar-refractivity contribution is 7.99. The van der Waals surface area contributed by atoms with Crippen LogP contribution in [0.15, 0.2) is 57.5 Å². The van der Waals surface area contributed by atoms with E-state index >= 15 is 0 Å². The molecule has 9 heteroatoms. The number of hydrogen-bond acceptors (Lipinski definition) is 7. The molecule has 2 aliphatic heterocycles. The lowest BCUT2D eigenvalue weighted by molar-refractivity contribution is -0.136.